The third-order valence-electron chi connectivity index (χ3n) is 5.04. The van der Waals surface area contributed by atoms with Gasteiger partial charge in [0.1, 0.15) is 11.6 Å². The molecule has 1 amide bonds. The van der Waals surface area contributed by atoms with Crippen molar-refractivity contribution in [3.05, 3.63) is 72.1 Å². The van der Waals surface area contributed by atoms with Crippen LogP contribution in [0.1, 0.15) is 28.9 Å². The number of pyridine rings is 1. The Hall–Kier alpha value is -3.87. The molecule has 0 radical (unpaired) electrons. The lowest BCUT2D eigenvalue weighted by atomic mass is 10.0. The molecule has 2 aromatic heterocycles. The number of para-hydroxylation sites is 1. The molecule has 0 fully saturated rings. The lowest BCUT2D eigenvalue weighted by molar-refractivity contribution is 0.0950. The second-order valence-corrected chi connectivity index (χ2v) is 7.14. The lowest BCUT2D eigenvalue weighted by Crippen LogP contribution is -2.24. The number of H-pyrrole nitrogens is 1. The fourth-order valence-electron chi connectivity index (χ4n) is 3.40. The van der Waals surface area contributed by atoms with Crippen molar-refractivity contribution in [2.45, 2.75) is 19.3 Å². The maximum atomic E-state index is 12.1. The monoisotopic (exact) mass is 401 g/mol. The van der Waals surface area contributed by atoms with Gasteiger partial charge in [-0.2, -0.15) is 5.10 Å². The maximum absolute atomic E-state index is 12.1. The van der Waals surface area contributed by atoms with E-state index in [1.807, 2.05) is 12.1 Å². The molecule has 0 aliphatic heterocycles. The number of carbonyl (C=O) groups excluding carboxylic acids is 1. The van der Waals surface area contributed by atoms with Gasteiger partial charge < -0.3 is 16.2 Å². The van der Waals surface area contributed by atoms with E-state index in [1.165, 1.54) is 6.07 Å². The number of aryl methyl sites for hydroxylation is 1. The Morgan fingerprint density at radius 3 is 2.70 bits per heavy atom. The summed E-state index contributed by atoms with van der Waals surface area (Å²) in [5.41, 5.74) is 9.98. The number of nitrogens with one attached hydrogen (secondary N) is 2. The number of fused-ring (bicyclic) bond motifs is 1. The zero-order valence-corrected chi connectivity index (χ0v) is 16.4. The number of aromatic amines is 1. The van der Waals surface area contributed by atoms with Gasteiger partial charge in [0.2, 0.25) is 0 Å². The van der Waals surface area contributed by atoms with E-state index in [2.05, 4.69) is 32.6 Å². The number of anilines is 1. The summed E-state index contributed by atoms with van der Waals surface area (Å²) in [7, 11) is 0. The summed E-state index contributed by atoms with van der Waals surface area (Å²) in [5.74, 6) is 0.233. The Labute approximate surface area is 174 Å². The van der Waals surface area contributed by atoms with Crippen molar-refractivity contribution in [2.24, 2.45) is 0 Å². The SMILES string of the molecule is Nc1ccc(-c2ccc3c(CCCCNC(=O)c4ccccc4O)[nH]nc3c2)cn1. The van der Waals surface area contributed by atoms with Crippen molar-refractivity contribution in [3.63, 3.8) is 0 Å². The molecule has 0 spiro atoms. The zero-order chi connectivity index (χ0) is 20.9. The van der Waals surface area contributed by atoms with E-state index in [0.717, 1.165) is 47.0 Å². The molecule has 0 unspecified atom stereocenters. The molecule has 2 aromatic carbocycles. The van der Waals surface area contributed by atoms with E-state index in [0.29, 0.717) is 17.9 Å². The Balaban J connectivity index is 1.32. The van der Waals surface area contributed by atoms with Crippen LogP contribution in [0.5, 0.6) is 5.75 Å². The van der Waals surface area contributed by atoms with Gasteiger partial charge in [0, 0.05) is 29.4 Å². The van der Waals surface area contributed by atoms with Crippen LogP contribution in [0.3, 0.4) is 0 Å². The Bertz CT molecular complexity index is 1170. The molecule has 0 saturated heterocycles. The van der Waals surface area contributed by atoms with Gasteiger partial charge in [-0.1, -0.05) is 24.3 Å². The van der Waals surface area contributed by atoms with Crippen LogP contribution in [0.2, 0.25) is 0 Å². The Kier molecular flexibility index (Phi) is 5.61. The highest BCUT2D eigenvalue weighted by Crippen LogP contribution is 2.25. The topological polar surface area (TPSA) is 117 Å². The molecule has 5 N–H and O–H groups in total. The average molecular weight is 401 g/mol. The van der Waals surface area contributed by atoms with E-state index < -0.39 is 0 Å². The standard InChI is InChI=1S/C23H23N5O2/c24-22-11-9-16(14-26-22)15-8-10-17-19(27-28-20(17)13-15)6-3-4-12-25-23(30)18-5-1-2-7-21(18)29/h1-2,5,7-11,13-14,29H,3-4,6,12H2,(H2,24,26)(H,25,30)(H,27,28). The second kappa shape index (κ2) is 8.65. The van der Waals surface area contributed by atoms with Gasteiger partial charge in [-0.25, -0.2) is 4.98 Å². The zero-order valence-electron chi connectivity index (χ0n) is 16.4. The van der Waals surface area contributed by atoms with Crippen LogP contribution in [-0.2, 0) is 6.42 Å². The number of aromatic nitrogens is 3. The summed E-state index contributed by atoms with van der Waals surface area (Å²) in [4.78, 5) is 16.2. The number of hydrogen-bond donors (Lipinski definition) is 4. The molecule has 7 heteroatoms. The molecule has 0 aliphatic carbocycles. The molecule has 0 bridgehead atoms. The number of aromatic hydroxyl groups is 1. The number of unbranched alkanes of at least 4 members (excludes halogenated alkanes) is 1. The van der Waals surface area contributed by atoms with Crippen molar-refractivity contribution in [2.75, 3.05) is 12.3 Å². The first kappa shape index (κ1) is 19.4. The van der Waals surface area contributed by atoms with Crippen molar-refractivity contribution in [1.29, 1.82) is 0 Å². The Morgan fingerprint density at radius 1 is 1.07 bits per heavy atom. The number of nitrogens with two attached hydrogens (primary N) is 1. The first-order valence-electron chi connectivity index (χ1n) is 9.87. The molecule has 152 valence electrons. The number of benzene rings is 2. The van der Waals surface area contributed by atoms with Crippen LogP contribution in [0.15, 0.2) is 60.8 Å². The minimum atomic E-state index is -0.259. The number of nitrogens with zero attached hydrogens (tertiary/aromatic N) is 2. The molecule has 0 atom stereocenters. The third-order valence-corrected chi connectivity index (χ3v) is 5.04. The van der Waals surface area contributed by atoms with Gasteiger partial charge in [-0.05, 0) is 55.2 Å². The highest BCUT2D eigenvalue weighted by molar-refractivity contribution is 5.96. The molecule has 4 aromatic rings. The number of carbonyl (C=O) groups is 1. The van der Waals surface area contributed by atoms with Crippen LogP contribution >= 0.6 is 0 Å². The van der Waals surface area contributed by atoms with Crippen molar-refractivity contribution < 1.29 is 9.90 Å². The van der Waals surface area contributed by atoms with E-state index >= 15 is 0 Å². The van der Waals surface area contributed by atoms with Crippen LogP contribution < -0.4 is 11.1 Å². The summed E-state index contributed by atoms with van der Waals surface area (Å²) in [6.07, 6.45) is 4.33. The average Bonchev–Trinajstić information content (AvgIpc) is 3.16. The van der Waals surface area contributed by atoms with E-state index in [-0.39, 0.29) is 11.7 Å². The molecule has 2 heterocycles. The van der Waals surface area contributed by atoms with Crippen LogP contribution in [-0.4, -0.2) is 32.7 Å². The maximum Gasteiger partial charge on any atom is 0.255 e. The number of rotatable bonds is 7. The van der Waals surface area contributed by atoms with E-state index in [1.54, 1.807) is 30.5 Å². The fourth-order valence-corrected chi connectivity index (χ4v) is 3.40. The van der Waals surface area contributed by atoms with Crippen LogP contribution in [0.4, 0.5) is 5.82 Å². The summed E-state index contributed by atoms with van der Waals surface area (Å²) >= 11 is 0. The normalized spacial score (nSPS) is 10.9. The van der Waals surface area contributed by atoms with Gasteiger partial charge in [0.15, 0.2) is 0 Å². The largest absolute Gasteiger partial charge is 0.507 e. The fraction of sp³-hybridized carbons (Fsp3) is 0.174. The summed E-state index contributed by atoms with van der Waals surface area (Å²) < 4.78 is 0. The van der Waals surface area contributed by atoms with Gasteiger partial charge in [0.25, 0.3) is 5.91 Å². The molecule has 7 nitrogen and oxygen atoms in total. The summed E-state index contributed by atoms with van der Waals surface area (Å²) in [6.45, 7) is 0.549. The lowest BCUT2D eigenvalue weighted by Gasteiger charge is -2.06. The van der Waals surface area contributed by atoms with E-state index in [9.17, 15) is 9.90 Å². The molecule has 0 aliphatic rings. The highest BCUT2D eigenvalue weighted by atomic mass is 16.3. The molecule has 4 rings (SSSR count). The minimum absolute atomic E-state index is 0.00643. The first-order valence-corrected chi connectivity index (χ1v) is 9.87. The number of phenols is 1. The van der Waals surface area contributed by atoms with Gasteiger partial charge in [-0.3, -0.25) is 9.89 Å². The quantitative estimate of drug-likeness (QED) is 0.353. The Morgan fingerprint density at radius 2 is 1.90 bits per heavy atom. The predicted molar refractivity (Wildman–Crippen MR) is 117 cm³/mol. The van der Waals surface area contributed by atoms with Crippen molar-refractivity contribution in [1.82, 2.24) is 20.5 Å². The van der Waals surface area contributed by atoms with Crippen LogP contribution in [0.25, 0.3) is 22.0 Å². The van der Waals surface area contributed by atoms with Gasteiger partial charge in [-0.15, -0.1) is 0 Å². The van der Waals surface area contributed by atoms with Gasteiger partial charge >= 0.3 is 0 Å². The molecular formula is C23H23N5O2. The van der Waals surface area contributed by atoms with Gasteiger partial charge in [0.05, 0.1) is 11.1 Å². The first-order chi connectivity index (χ1) is 14.6. The minimum Gasteiger partial charge on any atom is -0.507 e. The summed E-state index contributed by atoms with van der Waals surface area (Å²) in [5, 5.41) is 21.2. The smallest absolute Gasteiger partial charge is 0.255 e. The number of phenolic OH excluding ortho intramolecular Hbond substituents is 1. The van der Waals surface area contributed by atoms with Crippen LogP contribution in [0, 0.1) is 0 Å². The molecule has 30 heavy (non-hydrogen) atoms. The van der Waals surface area contributed by atoms with E-state index in [4.69, 9.17) is 5.73 Å². The third kappa shape index (κ3) is 4.25. The molecule has 0 saturated carbocycles. The number of hydrogen-bond acceptors (Lipinski definition) is 5. The number of amides is 1. The summed E-state index contributed by atoms with van der Waals surface area (Å²) in [6, 6.07) is 16.4. The second-order valence-electron chi connectivity index (χ2n) is 7.14. The number of nitrogen functional groups attached to an aromatic ring is 1. The van der Waals surface area contributed by atoms with Crippen molar-refractivity contribution in [3.8, 4) is 16.9 Å². The van der Waals surface area contributed by atoms with Crippen molar-refractivity contribution >= 4 is 22.6 Å². The predicted octanol–water partition coefficient (Wildman–Crippen LogP) is 3.67. The molecular weight excluding hydrogens is 378 g/mol. The highest BCUT2D eigenvalue weighted by Gasteiger charge is 2.10.